The lowest BCUT2D eigenvalue weighted by atomic mass is 9.98. The molecule has 0 bridgehead atoms. The summed E-state index contributed by atoms with van der Waals surface area (Å²) in [6.07, 6.45) is -3.81. The highest BCUT2D eigenvalue weighted by atomic mass is 79.9. The predicted molar refractivity (Wildman–Crippen MR) is 70.0 cm³/mol. The summed E-state index contributed by atoms with van der Waals surface area (Å²) in [5.41, 5.74) is 0.442. The number of alkyl halides is 3. The molecule has 0 heterocycles. The molecule has 0 fully saturated rings. The molecule has 0 aliphatic carbocycles. The van der Waals surface area contributed by atoms with Crippen molar-refractivity contribution in [2.75, 3.05) is 0 Å². The van der Waals surface area contributed by atoms with Gasteiger partial charge in [0, 0.05) is 10.0 Å². The summed E-state index contributed by atoms with van der Waals surface area (Å²) in [6, 6.07) is 10.4. The number of rotatable bonds is 2. The smallest absolute Gasteiger partial charge is 0.298 e. The fourth-order valence-electron chi connectivity index (χ4n) is 1.77. The van der Waals surface area contributed by atoms with Crippen molar-refractivity contribution in [3.05, 3.63) is 58.1 Å². The van der Waals surface area contributed by atoms with Gasteiger partial charge in [-0.05, 0) is 23.3 Å². The van der Waals surface area contributed by atoms with Gasteiger partial charge in [-0.25, -0.2) is 0 Å². The first-order valence-corrected chi connectivity index (χ1v) is 6.14. The molecule has 0 radical (unpaired) electrons. The number of carbonyl (C=O) groups is 1. The van der Waals surface area contributed by atoms with Crippen molar-refractivity contribution in [2.45, 2.75) is 6.18 Å². The molecule has 0 spiro atoms. The number of aldehydes is 1. The molecule has 98 valence electrons. The van der Waals surface area contributed by atoms with Gasteiger partial charge >= 0.3 is 6.18 Å². The van der Waals surface area contributed by atoms with Gasteiger partial charge < -0.3 is 0 Å². The lowest BCUT2D eigenvalue weighted by Crippen LogP contribution is -2.06. The van der Waals surface area contributed by atoms with E-state index in [0.29, 0.717) is 23.0 Å². The van der Waals surface area contributed by atoms with Gasteiger partial charge in [-0.1, -0.05) is 46.3 Å². The van der Waals surface area contributed by atoms with E-state index in [1.807, 2.05) is 0 Å². The van der Waals surface area contributed by atoms with Gasteiger partial charge in [0.2, 0.25) is 0 Å². The largest absolute Gasteiger partial charge is 0.417 e. The van der Waals surface area contributed by atoms with Gasteiger partial charge in [0.15, 0.2) is 6.29 Å². The fourth-order valence-corrected chi connectivity index (χ4v) is 2.24. The van der Waals surface area contributed by atoms with E-state index in [4.69, 9.17) is 0 Å². The van der Waals surface area contributed by atoms with E-state index in [0.717, 1.165) is 6.07 Å². The van der Waals surface area contributed by atoms with Crippen LogP contribution in [-0.4, -0.2) is 6.29 Å². The van der Waals surface area contributed by atoms with Crippen molar-refractivity contribution in [1.29, 1.82) is 0 Å². The molecule has 2 rings (SSSR count). The molecular formula is C14H8BrF3O. The van der Waals surface area contributed by atoms with Gasteiger partial charge in [0.25, 0.3) is 0 Å². The summed E-state index contributed by atoms with van der Waals surface area (Å²) < 4.78 is 38.5. The molecule has 0 saturated heterocycles. The maximum atomic E-state index is 12.8. The third-order valence-electron chi connectivity index (χ3n) is 2.67. The zero-order valence-electron chi connectivity index (χ0n) is 9.54. The number of benzene rings is 2. The van der Waals surface area contributed by atoms with Crippen LogP contribution in [0.5, 0.6) is 0 Å². The Bertz CT molecular complexity index is 620. The minimum absolute atomic E-state index is 0.0210. The standard InChI is InChI=1S/C14H8BrF3O/c15-13-6-5-9(7-12(13)14(16,17)18)11-4-2-1-3-10(11)8-19/h1-8H. The highest BCUT2D eigenvalue weighted by molar-refractivity contribution is 9.10. The molecule has 2 aromatic carbocycles. The summed E-state index contributed by atoms with van der Waals surface area (Å²) in [4.78, 5) is 10.9. The highest BCUT2D eigenvalue weighted by Crippen LogP contribution is 2.37. The van der Waals surface area contributed by atoms with Crippen LogP contribution in [0.25, 0.3) is 11.1 Å². The molecule has 0 amide bonds. The summed E-state index contributed by atoms with van der Waals surface area (Å²) in [6.45, 7) is 0. The first-order chi connectivity index (χ1) is 8.93. The van der Waals surface area contributed by atoms with Crippen LogP contribution >= 0.6 is 15.9 Å². The zero-order chi connectivity index (χ0) is 14.0. The molecule has 0 unspecified atom stereocenters. The average molecular weight is 329 g/mol. The van der Waals surface area contributed by atoms with Crippen LogP contribution < -0.4 is 0 Å². The third kappa shape index (κ3) is 2.87. The lowest BCUT2D eigenvalue weighted by Gasteiger charge is -2.12. The van der Waals surface area contributed by atoms with Crippen molar-refractivity contribution in [3.63, 3.8) is 0 Å². The highest BCUT2D eigenvalue weighted by Gasteiger charge is 2.33. The van der Waals surface area contributed by atoms with Crippen LogP contribution in [-0.2, 0) is 6.18 Å². The summed E-state index contributed by atoms with van der Waals surface area (Å²) in [5, 5.41) is 0. The molecule has 0 atom stereocenters. The molecular weight excluding hydrogens is 321 g/mol. The predicted octanol–water partition coefficient (Wildman–Crippen LogP) is 4.95. The Morgan fingerprint density at radius 3 is 2.37 bits per heavy atom. The average Bonchev–Trinajstić information content (AvgIpc) is 2.38. The van der Waals surface area contributed by atoms with Gasteiger partial charge in [0.1, 0.15) is 0 Å². The van der Waals surface area contributed by atoms with Crippen molar-refractivity contribution in [1.82, 2.24) is 0 Å². The van der Waals surface area contributed by atoms with Crippen LogP contribution in [0.1, 0.15) is 15.9 Å². The van der Waals surface area contributed by atoms with Crippen LogP contribution in [0.2, 0.25) is 0 Å². The summed E-state index contributed by atoms with van der Waals surface area (Å²) in [5.74, 6) is 0. The van der Waals surface area contributed by atoms with E-state index in [9.17, 15) is 18.0 Å². The Morgan fingerprint density at radius 1 is 1.05 bits per heavy atom. The second-order valence-corrected chi connectivity index (χ2v) is 4.75. The van der Waals surface area contributed by atoms with E-state index in [1.165, 1.54) is 6.07 Å². The molecule has 0 aromatic heterocycles. The van der Waals surface area contributed by atoms with E-state index in [2.05, 4.69) is 15.9 Å². The second-order valence-electron chi connectivity index (χ2n) is 3.90. The maximum absolute atomic E-state index is 12.8. The van der Waals surface area contributed by atoms with E-state index < -0.39 is 11.7 Å². The zero-order valence-corrected chi connectivity index (χ0v) is 11.1. The minimum Gasteiger partial charge on any atom is -0.298 e. The first kappa shape index (κ1) is 13.8. The number of hydrogen-bond donors (Lipinski definition) is 0. The lowest BCUT2D eigenvalue weighted by molar-refractivity contribution is -0.138. The molecule has 0 saturated carbocycles. The van der Waals surface area contributed by atoms with Crippen molar-refractivity contribution in [2.24, 2.45) is 0 Å². The normalized spacial score (nSPS) is 11.4. The Hall–Kier alpha value is -1.62. The third-order valence-corrected chi connectivity index (χ3v) is 3.36. The Kier molecular flexibility index (Phi) is 3.75. The molecule has 1 nitrogen and oxygen atoms in total. The van der Waals surface area contributed by atoms with Gasteiger partial charge in [0.05, 0.1) is 5.56 Å². The second kappa shape index (κ2) is 5.17. The molecule has 19 heavy (non-hydrogen) atoms. The number of carbonyl (C=O) groups excluding carboxylic acids is 1. The number of hydrogen-bond acceptors (Lipinski definition) is 1. The number of halogens is 4. The quantitative estimate of drug-likeness (QED) is 0.713. The van der Waals surface area contributed by atoms with Gasteiger partial charge in [-0.2, -0.15) is 13.2 Å². The monoisotopic (exact) mass is 328 g/mol. The van der Waals surface area contributed by atoms with Crippen molar-refractivity contribution in [3.8, 4) is 11.1 Å². The summed E-state index contributed by atoms with van der Waals surface area (Å²) in [7, 11) is 0. The Labute approximate surface area is 116 Å². The topological polar surface area (TPSA) is 17.1 Å². The van der Waals surface area contributed by atoms with Crippen LogP contribution in [0.3, 0.4) is 0 Å². The summed E-state index contributed by atoms with van der Waals surface area (Å²) >= 11 is 2.88. The van der Waals surface area contributed by atoms with Crippen LogP contribution in [0, 0.1) is 0 Å². The van der Waals surface area contributed by atoms with Crippen molar-refractivity contribution >= 4 is 22.2 Å². The van der Waals surface area contributed by atoms with Crippen molar-refractivity contribution < 1.29 is 18.0 Å². The van der Waals surface area contributed by atoms with Gasteiger partial charge in [-0.15, -0.1) is 0 Å². The molecule has 0 N–H and O–H groups in total. The Balaban J connectivity index is 2.61. The van der Waals surface area contributed by atoms with Crippen LogP contribution in [0.15, 0.2) is 46.9 Å². The van der Waals surface area contributed by atoms with Gasteiger partial charge in [-0.3, -0.25) is 4.79 Å². The molecule has 5 heteroatoms. The maximum Gasteiger partial charge on any atom is 0.417 e. The molecule has 2 aromatic rings. The van der Waals surface area contributed by atoms with Crippen LogP contribution in [0.4, 0.5) is 13.2 Å². The van der Waals surface area contributed by atoms with E-state index >= 15 is 0 Å². The minimum atomic E-state index is -4.44. The SMILES string of the molecule is O=Cc1ccccc1-c1ccc(Br)c(C(F)(F)F)c1. The first-order valence-electron chi connectivity index (χ1n) is 5.35. The fraction of sp³-hybridized carbons (Fsp3) is 0.0714. The molecule has 0 aliphatic rings. The van der Waals surface area contributed by atoms with E-state index in [-0.39, 0.29) is 4.47 Å². The molecule has 0 aliphatic heterocycles. The van der Waals surface area contributed by atoms with E-state index in [1.54, 1.807) is 30.3 Å². The Morgan fingerprint density at radius 2 is 1.74 bits per heavy atom.